The zero-order chi connectivity index (χ0) is 17.8. The van der Waals surface area contributed by atoms with Crippen LogP contribution in [-0.2, 0) is 6.54 Å². The molecule has 0 aliphatic carbocycles. The number of carbonyl (C=O) groups excluding carboxylic acids is 1. The molecular weight excluding hydrogens is 340 g/mol. The lowest BCUT2D eigenvalue weighted by Gasteiger charge is -2.17. The van der Waals surface area contributed by atoms with E-state index in [4.69, 9.17) is 0 Å². The number of hydrogen-bond acceptors (Lipinski definition) is 3. The van der Waals surface area contributed by atoms with Crippen LogP contribution in [0, 0.1) is 0 Å². The average molecular weight is 362 g/mol. The van der Waals surface area contributed by atoms with Gasteiger partial charge in [0.15, 0.2) is 0 Å². The van der Waals surface area contributed by atoms with Crippen LogP contribution >= 0.6 is 11.3 Å². The van der Waals surface area contributed by atoms with E-state index in [0.717, 1.165) is 42.1 Å². The molecular formula is C22H22N2OS. The number of nitrogens with zero attached hydrogens (tertiary/aromatic N) is 1. The molecule has 4 rings (SSSR count). The van der Waals surface area contributed by atoms with E-state index in [1.165, 1.54) is 5.56 Å². The molecule has 0 bridgehead atoms. The van der Waals surface area contributed by atoms with Crippen molar-refractivity contribution in [2.75, 3.05) is 13.1 Å². The summed E-state index contributed by atoms with van der Waals surface area (Å²) in [6.07, 6.45) is 1.000. The number of carbonyl (C=O) groups is 1. The Morgan fingerprint density at radius 2 is 1.85 bits per heavy atom. The van der Waals surface area contributed by atoms with Gasteiger partial charge < -0.3 is 5.32 Å². The first-order valence-electron chi connectivity index (χ1n) is 8.99. The zero-order valence-electron chi connectivity index (χ0n) is 14.6. The molecule has 1 amide bonds. The van der Waals surface area contributed by atoms with Gasteiger partial charge in [-0.25, -0.2) is 0 Å². The molecule has 4 heteroatoms. The minimum Gasteiger partial charge on any atom is -0.348 e. The molecule has 1 aliphatic heterocycles. The molecule has 0 radical (unpaired) electrons. The highest BCUT2D eigenvalue weighted by molar-refractivity contribution is 7.13. The molecule has 132 valence electrons. The summed E-state index contributed by atoms with van der Waals surface area (Å²) in [4.78, 5) is 16.4. The van der Waals surface area contributed by atoms with E-state index < -0.39 is 0 Å². The summed E-state index contributed by atoms with van der Waals surface area (Å²) in [5, 5.41) is 5.28. The number of amides is 1. The first-order valence-corrected chi connectivity index (χ1v) is 9.87. The first-order chi connectivity index (χ1) is 12.8. The fourth-order valence-corrected chi connectivity index (χ4v) is 4.29. The van der Waals surface area contributed by atoms with Crippen molar-refractivity contribution < 1.29 is 4.79 Å². The monoisotopic (exact) mass is 362 g/mol. The normalized spacial score (nSPS) is 17.3. The Bertz CT molecular complexity index is 861. The molecule has 2 aromatic carbocycles. The maximum Gasteiger partial charge on any atom is 0.252 e. The van der Waals surface area contributed by atoms with E-state index in [1.54, 1.807) is 11.3 Å². The predicted octanol–water partition coefficient (Wildman–Crippen LogP) is 4.42. The molecule has 26 heavy (non-hydrogen) atoms. The molecule has 0 spiro atoms. The largest absolute Gasteiger partial charge is 0.348 e. The molecule has 1 aliphatic rings. The van der Waals surface area contributed by atoms with Crippen molar-refractivity contribution in [1.82, 2.24) is 10.2 Å². The van der Waals surface area contributed by atoms with Crippen LogP contribution in [0.1, 0.15) is 22.3 Å². The molecule has 3 nitrogen and oxygen atoms in total. The third kappa shape index (κ3) is 3.87. The Kier molecular flexibility index (Phi) is 5.14. The van der Waals surface area contributed by atoms with Crippen LogP contribution in [0.5, 0.6) is 0 Å². The topological polar surface area (TPSA) is 32.3 Å². The molecule has 2 heterocycles. The quantitative estimate of drug-likeness (QED) is 0.729. The van der Waals surface area contributed by atoms with E-state index in [0.29, 0.717) is 0 Å². The van der Waals surface area contributed by atoms with Crippen LogP contribution in [0.4, 0.5) is 0 Å². The molecule has 1 aromatic heterocycles. The second-order valence-corrected chi connectivity index (χ2v) is 7.65. The number of nitrogens with one attached hydrogen (secondary N) is 1. The number of rotatable bonds is 5. The van der Waals surface area contributed by atoms with Crippen molar-refractivity contribution in [2.45, 2.75) is 19.0 Å². The van der Waals surface area contributed by atoms with Gasteiger partial charge in [0.05, 0.1) is 0 Å². The third-order valence-corrected chi connectivity index (χ3v) is 5.72. The van der Waals surface area contributed by atoms with Crippen molar-refractivity contribution in [2.24, 2.45) is 0 Å². The van der Waals surface area contributed by atoms with Gasteiger partial charge in [0.1, 0.15) is 0 Å². The lowest BCUT2D eigenvalue weighted by molar-refractivity contribution is 0.0938. The molecule has 1 N–H and O–H groups in total. The fraction of sp³-hybridized carbons (Fsp3) is 0.227. The van der Waals surface area contributed by atoms with Crippen molar-refractivity contribution >= 4 is 17.2 Å². The summed E-state index contributed by atoms with van der Waals surface area (Å²) in [6.45, 7) is 2.87. The molecule has 1 atom stereocenters. The van der Waals surface area contributed by atoms with Gasteiger partial charge in [0.25, 0.3) is 5.91 Å². The van der Waals surface area contributed by atoms with E-state index >= 15 is 0 Å². The lowest BCUT2D eigenvalue weighted by atomic mass is 10.0. The summed E-state index contributed by atoms with van der Waals surface area (Å²) < 4.78 is 0. The number of thiophene rings is 1. The Morgan fingerprint density at radius 3 is 2.65 bits per heavy atom. The van der Waals surface area contributed by atoms with Gasteiger partial charge in [0, 0.05) is 41.7 Å². The summed E-state index contributed by atoms with van der Waals surface area (Å²) in [5.74, 6) is 0.0283. The Labute approximate surface area is 158 Å². The second kappa shape index (κ2) is 7.85. The maximum absolute atomic E-state index is 12.9. The minimum absolute atomic E-state index is 0.0283. The first kappa shape index (κ1) is 17.0. The highest BCUT2D eigenvalue weighted by atomic mass is 32.1. The van der Waals surface area contributed by atoms with Crippen molar-refractivity contribution in [1.29, 1.82) is 0 Å². The molecule has 1 fully saturated rings. The second-order valence-electron chi connectivity index (χ2n) is 6.70. The summed E-state index contributed by atoms with van der Waals surface area (Å²) in [7, 11) is 0. The van der Waals surface area contributed by atoms with Crippen LogP contribution in [0.25, 0.3) is 10.4 Å². The van der Waals surface area contributed by atoms with E-state index in [-0.39, 0.29) is 11.9 Å². The van der Waals surface area contributed by atoms with Crippen LogP contribution in [0.3, 0.4) is 0 Å². The third-order valence-electron chi connectivity index (χ3n) is 4.81. The number of hydrogen-bond donors (Lipinski definition) is 1. The van der Waals surface area contributed by atoms with E-state index in [1.807, 2.05) is 41.8 Å². The van der Waals surface area contributed by atoms with Crippen LogP contribution in [0.2, 0.25) is 0 Å². The standard InChI is InChI=1S/C22H22N2OS/c25-22(20-10-5-4-9-19(20)21-11-6-14-26-21)23-18-12-13-24(16-18)15-17-7-2-1-3-8-17/h1-11,14,18H,12-13,15-16H2,(H,23,25). The molecule has 0 saturated carbocycles. The van der Waals surface area contributed by atoms with Gasteiger partial charge in [-0.1, -0.05) is 54.6 Å². The Morgan fingerprint density at radius 1 is 1.04 bits per heavy atom. The zero-order valence-corrected chi connectivity index (χ0v) is 15.4. The predicted molar refractivity (Wildman–Crippen MR) is 107 cm³/mol. The smallest absolute Gasteiger partial charge is 0.252 e. The summed E-state index contributed by atoms with van der Waals surface area (Å²) in [6, 6.07) is 22.7. The number of benzene rings is 2. The highest BCUT2D eigenvalue weighted by Gasteiger charge is 2.25. The minimum atomic E-state index is 0.0283. The Hall–Kier alpha value is -2.43. The molecule has 3 aromatic rings. The van der Waals surface area contributed by atoms with Crippen molar-refractivity contribution in [3.05, 3.63) is 83.2 Å². The van der Waals surface area contributed by atoms with Gasteiger partial charge in [-0.05, 0) is 29.5 Å². The van der Waals surface area contributed by atoms with E-state index in [9.17, 15) is 4.79 Å². The van der Waals surface area contributed by atoms with Crippen LogP contribution < -0.4 is 5.32 Å². The van der Waals surface area contributed by atoms with Gasteiger partial charge >= 0.3 is 0 Å². The maximum atomic E-state index is 12.9. The average Bonchev–Trinajstić information content (AvgIpc) is 3.35. The number of likely N-dealkylation sites (tertiary alicyclic amines) is 1. The van der Waals surface area contributed by atoms with Gasteiger partial charge in [0.2, 0.25) is 0 Å². The fourth-order valence-electron chi connectivity index (χ4n) is 3.53. The molecule has 1 unspecified atom stereocenters. The van der Waals surface area contributed by atoms with Crippen LogP contribution in [-0.4, -0.2) is 29.9 Å². The summed E-state index contributed by atoms with van der Waals surface area (Å²) in [5.41, 5.74) is 3.10. The lowest BCUT2D eigenvalue weighted by Crippen LogP contribution is -2.37. The van der Waals surface area contributed by atoms with Crippen molar-refractivity contribution in [3.8, 4) is 10.4 Å². The Balaban J connectivity index is 1.40. The van der Waals surface area contributed by atoms with Gasteiger partial charge in [-0.15, -0.1) is 11.3 Å². The molecule has 1 saturated heterocycles. The summed E-state index contributed by atoms with van der Waals surface area (Å²) >= 11 is 1.66. The van der Waals surface area contributed by atoms with E-state index in [2.05, 4.69) is 40.5 Å². The highest BCUT2D eigenvalue weighted by Crippen LogP contribution is 2.28. The van der Waals surface area contributed by atoms with Gasteiger partial charge in [-0.3, -0.25) is 9.69 Å². The SMILES string of the molecule is O=C(NC1CCN(Cc2ccccc2)C1)c1ccccc1-c1cccs1. The van der Waals surface area contributed by atoms with Crippen LogP contribution in [0.15, 0.2) is 72.1 Å². The van der Waals surface area contributed by atoms with Gasteiger partial charge in [-0.2, -0.15) is 0 Å². The van der Waals surface area contributed by atoms with Crippen molar-refractivity contribution in [3.63, 3.8) is 0 Å².